The summed E-state index contributed by atoms with van der Waals surface area (Å²) in [7, 11) is 0. The van der Waals surface area contributed by atoms with Crippen molar-refractivity contribution in [2.75, 3.05) is 36.0 Å². The van der Waals surface area contributed by atoms with E-state index in [0.717, 1.165) is 44.1 Å². The Balaban J connectivity index is 2.41. The molecular weight excluding hydrogens is 228 g/mol. The second-order valence-corrected chi connectivity index (χ2v) is 4.42. The molecule has 2 heterocycles. The molecule has 1 aromatic rings. The van der Waals surface area contributed by atoms with E-state index in [1.807, 2.05) is 0 Å². The molecule has 0 bridgehead atoms. The smallest absolute Gasteiger partial charge is 0.157 e. The number of hydrogen-bond donors (Lipinski definition) is 0. The summed E-state index contributed by atoms with van der Waals surface area (Å²) in [6.45, 7) is 7.78. The number of anilines is 2. The molecule has 1 saturated heterocycles. The number of carbonyl (C=O) groups excluding carboxylic acids is 1. The van der Waals surface area contributed by atoms with Gasteiger partial charge in [0.1, 0.15) is 18.0 Å². The van der Waals surface area contributed by atoms with Gasteiger partial charge in [-0.3, -0.25) is 4.79 Å². The van der Waals surface area contributed by atoms with Crippen LogP contribution in [-0.2, 0) is 0 Å². The Kier molecular flexibility index (Phi) is 4.12. The minimum Gasteiger partial charge on any atom is -0.356 e. The van der Waals surface area contributed by atoms with Crippen LogP contribution >= 0.6 is 0 Å². The maximum absolute atomic E-state index is 11.4. The van der Waals surface area contributed by atoms with Crippen LogP contribution in [0.15, 0.2) is 6.33 Å². The molecule has 0 saturated carbocycles. The highest BCUT2D eigenvalue weighted by atomic mass is 16.1. The van der Waals surface area contributed by atoms with Gasteiger partial charge in [-0.15, -0.1) is 0 Å². The predicted molar refractivity (Wildman–Crippen MR) is 72.4 cm³/mol. The fraction of sp³-hybridized carbons (Fsp3) is 0.615. The summed E-state index contributed by atoms with van der Waals surface area (Å²) >= 11 is 0. The van der Waals surface area contributed by atoms with Crippen LogP contribution in [0.4, 0.5) is 11.6 Å². The molecule has 5 nitrogen and oxygen atoms in total. The summed E-state index contributed by atoms with van der Waals surface area (Å²) in [5, 5.41) is 0. The molecule has 0 N–H and O–H groups in total. The van der Waals surface area contributed by atoms with Crippen molar-refractivity contribution in [1.29, 1.82) is 0 Å². The molecule has 98 valence electrons. The highest BCUT2D eigenvalue weighted by Crippen LogP contribution is 2.26. The number of carbonyl (C=O) groups is 1. The van der Waals surface area contributed by atoms with Crippen LogP contribution in [0.1, 0.15) is 37.0 Å². The molecule has 0 aromatic carbocycles. The first kappa shape index (κ1) is 12.8. The third kappa shape index (κ3) is 2.30. The molecule has 0 radical (unpaired) electrons. The summed E-state index contributed by atoms with van der Waals surface area (Å²) in [4.78, 5) is 24.3. The normalized spacial score (nSPS) is 14.9. The molecule has 2 rings (SSSR count). The zero-order valence-electron chi connectivity index (χ0n) is 11.1. The fourth-order valence-electron chi connectivity index (χ4n) is 2.44. The molecule has 0 atom stereocenters. The van der Waals surface area contributed by atoms with Gasteiger partial charge in [-0.1, -0.05) is 0 Å². The monoisotopic (exact) mass is 248 g/mol. The van der Waals surface area contributed by atoms with Crippen LogP contribution < -0.4 is 9.80 Å². The van der Waals surface area contributed by atoms with Gasteiger partial charge in [0.05, 0.1) is 5.56 Å². The van der Waals surface area contributed by atoms with Crippen molar-refractivity contribution < 1.29 is 4.79 Å². The topological polar surface area (TPSA) is 49.3 Å². The van der Waals surface area contributed by atoms with Gasteiger partial charge in [-0.05, 0) is 26.7 Å². The van der Waals surface area contributed by atoms with E-state index in [2.05, 4.69) is 33.6 Å². The summed E-state index contributed by atoms with van der Waals surface area (Å²) in [5.41, 5.74) is 0.628. The van der Waals surface area contributed by atoms with Gasteiger partial charge < -0.3 is 9.80 Å². The zero-order chi connectivity index (χ0) is 13.0. The van der Waals surface area contributed by atoms with Crippen LogP contribution in [0.2, 0.25) is 0 Å². The maximum atomic E-state index is 11.4. The van der Waals surface area contributed by atoms with Crippen molar-refractivity contribution in [2.24, 2.45) is 0 Å². The van der Waals surface area contributed by atoms with E-state index in [-0.39, 0.29) is 0 Å². The Labute approximate surface area is 108 Å². The average molecular weight is 248 g/mol. The highest BCUT2D eigenvalue weighted by Gasteiger charge is 2.21. The largest absolute Gasteiger partial charge is 0.356 e. The molecule has 18 heavy (non-hydrogen) atoms. The third-order valence-electron chi connectivity index (χ3n) is 3.43. The van der Waals surface area contributed by atoms with Crippen LogP contribution in [0, 0.1) is 0 Å². The van der Waals surface area contributed by atoms with E-state index < -0.39 is 0 Å². The fourth-order valence-corrected chi connectivity index (χ4v) is 2.44. The summed E-state index contributed by atoms with van der Waals surface area (Å²) in [6, 6.07) is 0. The Morgan fingerprint density at radius 2 is 1.94 bits per heavy atom. The first-order valence-corrected chi connectivity index (χ1v) is 6.61. The van der Waals surface area contributed by atoms with Crippen molar-refractivity contribution in [3.8, 4) is 0 Å². The third-order valence-corrected chi connectivity index (χ3v) is 3.43. The van der Waals surface area contributed by atoms with E-state index in [1.54, 1.807) is 6.33 Å². The van der Waals surface area contributed by atoms with Gasteiger partial charge in [-0.2, -0.15) is 0 Å². The highest BCUT2D eigenvalue weighted by molar-refractivity contribution is 5.89. The van der Waals surface area contributed by atoms with Crippen molar-refractivity contribution in [2.45, 2.75) is 26.7 Å². The van der Waals surface area contributed by atoms with Gasteiger partial charge in [0, 0.05) is 26.2 Å². The molecule has 1 fully saturated rings. The average Bonchev–Trinajstić information content (AvgIpc) is 2.93. The van der Waals surface area contributed by atoms with E-state index in [0.29, 0.717) is 5.56 Å². The minimum absolute atomic E-state index is 0.628. The predicted octanol–water partition coefficient (Wildman–Crippen LogP) is 1.74. The van der Waals surface area contributed by atoms with Crippen molar-refractivity contribution in [3.63, 3.8) is 0 Å². The van der Waals surface area contributed by atoms with Gasteiger partial charge in [-0.25, -0.2) is 9.97 Å². The van der Waals surface area contributed by atoms with E-state index in [9.17, 15) is 4.79 Å². The quantitative estimate of drug-likeness (QED) is 0.743. The van der Waals surface area contributed by atoms with Crippen LogP contribution in [0.3, 0.4) is 0 Å². The first-order chi connectivity index (χ1) is 8.81. The molecule has 5 heteroatoms. The minimum atomic E-state index is 0.628. The lowest BCUT2D eigenvalue weighted by Crippen LogP contribution is -2.27. The first-order valence-electron chi connectivity index (χ1n) is 6.61. The van der Waals surface area contributed by atoms with E-state index >= 15 is 0 Å². The van der Waals surface area contributed by atoms with Crippen LogP contribution in [0.25, 0.3) is 0 Å². The Morgan fingerprint density at radius 3 is 2.50 bits per heavy atom. The Morgan fingerprint density at radius 1 is 1.28 bits per heavy atom. The molecule has 1 aliphatic heterocycles. The molecule has 0 spiro atoms. The molecule has 0 unspecified atom stereocenters. The lowest BCUT2D eigenvalue weighted by atomic mass is 10.2. The van der Waals surface area contributed by atoms with Gasteiger partial charge >= 0.3 is 0 Å². The van der Waals surface area contributed by atoms with Gasteiger partial charge in [0.15, 0.2) is 6.29 Å². The summed E-state index contributed by atoms with van der Waals surface area (Å²) in [6.07, 6.45) is 4.79. The molecule has 1 aliphatic rings. The van der Waals surface area contributed by atoms with Gasteiger partial charge in [0.2, 0.25) is 0 Å². The lowest BCUT2D eigenvalue weighted by Gasteiger charge is -2.24. The number of rotatable bonds is 5. The number of hydrogen-bond acceptors (Lipinski definition) is 5. The van der Waals surface area contributed by atoms with E-state index in [4.69, 9.17) is 0 Å². The SMILES string of the molecule is CCN(CC)c1ncnc(N2CCCC2)c1C=O. The van der Waals surface area contributed by atoms with Crippen molar-refractivity contribution >= 4 is 17.9 Å². The summed E-state index contributed by atoms with van der Waals surface area (Å²) in [5.74, 6) is 1.55. The van der Waals surface area contributed by atoms with Gasteiger partial charge in [0.25, 0.3) is 0 Å². The number of aromatic nitrogens is 2. The second kappa shape index (κ2) is 5.80. The lowest BCUT2D eigenvalue weighted by molar-refractivity contribution is 0.112. The number of aldehydes is 1. The van der Waals surface area contributed by atoms with E-state index in [1.165, 1.54) is 12.8 Å². The van der Waals surface area contributed by atoms with Crippen molar-refractivity contribution in [3.05, 3.63) is 11.9 Å². The Bertz CT molecular complexity index is 391. The summed E-state index contributed by atoms with van der Waals surface area (Å²) < 4.78 is 0. The van der Waals surface area contributed by atoms with Crippen LogP contribution in [-0.4, -0.2) is 42.4 Å². The van der Waals surface area contributed by atoms with Crippen molar-refractivity contribution in [1.82, 2.24) is 9.97 Å². The molecule has 0 amide bonds. The standard InChI is InChI=1S/C13H20N4O/c1-3-16(4-2)12-11(9-18)13(15-10-14-12)17-7-5-6-8-17/h9-10H,3-8H2,1-2H3. The maximum Gasteiger partial charge on any atom is 0.157 e. The number of nitrogens with zero attached hydrogens (tertiary/aromatic N) is 4. The van der Waals surface area contributed by atoms with Crippen LogP contribution in [0.5, 0.6) is 0 Å². The second-order valence-electron chi connectivity index (χ2n) is 4.42. The molecule has 0 aliphatic carbocycles. The zero-order valence-corrected chi connectivity index (χ0v) is 11.1. The Hall–Kier alpha value is -1.65. The molecular formula is C13H20N4O. The molecule has 1 aromatic heterocycles.